The molecule has 4 nitrogen and oxygen atoms in total. The Balaban J connectivity index is 2.44. The van der Waals surface area contributed by atoms with Crippen LogP contribution in [0.15, 0.2) is 0 Å². The normalized spacial score (nSPS) is 29.5. The van der Waals surface area contributed by atoms with E-state index in [9.17, 15) is 4.79 Å². The third-order valence-electron chi connectivity index (χ3n) is 3.11. The van der Waals surface area contributed by atoms with Crippen molar-refractivity contribution >= 4 is 5.91 Å². The van der Waals surface area contributed by atoms with Gasteiger partial charge >= 0.3 is 0 Å². The standard InChI is InChI=1S/C12H24N2O2/c1-4-6-12(3,13)11(15)14-10-5-7-16-9(2)8-10/h9-10H,4-8,13H2,1-3H3,(H,14,15). The molecule has 0 radical (unpaired) electrons. The van der Waals surface area contributed by atoms with Crippen molar-refractivity contribution in [3.63, 3.8) is 0 Å². The molecule has 0 aliphatic carbocycles. The second-order valence-electron chi connectivity index (χ2n) is 5.04. The van der Waals surface area contributed by atoms with Crippen LogP contribution in [-0.2, 0) is 9.53 Å². The lowest BCUT2D eigenvalue weighted by atomic mass is 9.95. The molecule has 1 rings (SSSR count). The van der Waals surface area contributed by atoms with Crippen molar-refractivity contribution in [1.82, 2.24) is 5.32 Å². The first-order valence-electron chi connectivity index (χ1n) is 6.17. The molecule has 1 heterocycles. The zero-order chi connectivity index (χ0) is 12.2. The molecular weight excluding hydrogens is 204 g/mol. The van der Waals surface area contributed by atoms with Crippen LogP contribution in [0.5, 0.6) is 0 Å². The van der Waals surface area contributed by atoms with Crippen LogP contribution >= 0.6 is 0 Å². The molecule has 0 aromatic rings. The Kier molecular flexibility index (Phi) is 4.74. The third kappa shape index (κ3) is 3.76. The average Bonchev–Trinajstić information content (AvgIpc) is 2.17. The van der Waals surface area contributed by atoms with Gasteiger partial charge < -0.3 is 15.8 Å². The molecule has 0 saturated carbocycles. The SMILES string of the molecule is CCCC(C)(N)C(=O)NC1CCOC(C)C1. The Labute approximate surface area is 97.9 Å². The molecule has 1 aliphatic heterocycles. The van der Waals surface area contributed by atoms with Crippen LogP contribution in [0.25, 0.3) is 0 Å². The maximum Gasteiger partial charge on any atom is 0.240 e. The highest BCUT2D eigenvalue weighted by atomic mass is 16.5. The summed E-state index contributed by atoms with van der Waals surface area (Å²) in [6, 6.07) is 0.219. The summed E-state index contributed by atoms with van der Waals surface area (Å²) in [6.45, 7) is 6.59. The van der Waals surface area contributed by atoms with E-state index in [0.29, 0.717) is 0 Å². The second-order valence-corrected chi connectivity index (χ2v) is 5.04. The summed E-state index contributed by atoms with van der Waals surface area (Å²) in [5.41, 5.74) is 5.24. The predicted octanol–water partition coefficient (Wildman–Crippen LogP) is 1.19. The van der Waals surface area contributed by atoms with Crippen molar-refractivity contribution < 1.29 is 9.53 Å². The van der Waals surface area contributed by atoms with Crippen LogP contribution in [0.3, 0.4) is 0 Å². The molecule has 0 bridgehead atoms. The van der Waals surface area contributed by atoms with Crippen LogP contribution in [0.1, 0.15) is 46.5 Å². The Morgan fingerprint density at radius 3 is 2.88 bits per heavy atom. The van der Waals surface area contributed by atoms with Crippen molar-refractivity contribution in [2.45, 2.75) is 64.1 Å². The number of carbonyl (C=O) groups is 1. The van der Waals surface area contributed by atoms with Gasteiger partial charge in [-0.05, 0) is 33.1 Å². The fourth-order valence-electron chi connectivity index (χ4n) is 2.11. The molecule has 1 aliphatic rings. The number of hydrogen-bond acceptors (Lipinski definition) is 3. The van der Waals surface area contributed by atoms with Gasteiger partial charge in [0, 0.05) is 12.6 Å². The van der Waals surface area contributed by atoms with Crippen molar-refractivity contribution in [3.05, 3.63) is 0 Å². The maximum absolute atomic E-state index is 12.0. The molecule has 1 saturated heterocycles. The molecule has 3 atom stereocenters. The largest absolute Gasteiger partial charge is 0.378 e. The van der Waals surface area contributed by atoms with E-state index in [2.05, 4.69) is 5.32 Å². The summed E-state index contributed by atoms with van der Waals surface area (Å²) < 4.78 is 5.44. The van der Waals surface area contributed by atoms with E-state index in [-0.39, 0.29) is 18.1 Å². The number of hydrogen-bond donors (Lipinski definition) is 2. The van der Waals surface area contributed by atoms with E-state index < -0.39 is 5.54 Å². The van der Waals surface area contributed by atoms with Crippen LogP contribution in [0.4, 0.5) is 0 Å². The van der Waals surface area contributed by atoms with Crippen molar-refractivity contribution in [2.24, 2.45) is 5.73 Å². The number of carbonyl (C=O) groups excluding carboxylic acids is 1. The molecule has 1 fully saturated rings. The lowest BCUT2D eigenvalue weighted by molar-refractivity contribution is -0.127. The predicted molar refractivity (Wildman–Crippen MR) is 64.1 cm³/mol. The first kappa shape index (κ1) is 13.5. The lowest BCUT2D eigenvalue weighted by Gasteiger charge is -2.31. The minimum absolute atomic E-state index is 0.0338. The summed E-state index contributed by atoms with van der Waals surface area (Å²) in [5.74, 6) is -0.0338. The summed E-state index contributed by atoms with van der Waals surface area (Å²) in [5, 5.41) is 3.03. The van der Waals surface area contributed by atoms with Gasteiger partial charge in [-0.15, -0.1) is 0 Å². The van der Waals surface area contributed by atoms with Gasteiger partial charge in [0.2, 0.25) is 5.91 Å². The molecule has 0 aromatic carbocycles. The van der Waals surface area contributed by atoms with E-state index >= 15 is 0 Å². The average molecular weight is 228 g/mol. The Morgan fingerprint density at radius 1 is 1.62 bits per heavy atom. The lowest BCUT2D eigenvalue weighted by Crippen LogP contribution is -2.55. The monoisotopic (exact) mass is 228 g/mol. The quantitative estimate of drug-likeness (QED) is 0.759. The molecule has 0 aromatic heterocycles. The van der Waals surface area contributed by atoms with E-state index in [4.69, 9.17) is 10.5 Å². The first-order valence-corrected chi connectivity index (χ1v) is 6.17. The summed E-state index contributed by atoms with van der Waals surface area (Å²) in [7, 11) is 0. The van der Waals surface area contributed by atoms with Gasteiger partial charge in [0.25, 0.3) is 0 Å². The number of ether oxygens (including phenoxy) is 1. The number of rotatable bonds is 4. The van der Waals surface area contributed by atoms with E-state index in [0.717, 1.165) is 32.3 Å². The minimum atomic E-state index is -0.740. The highest BCUT2D eigenvalue weighted by Gasteiger charge is 2.30. The van der Waals surface area contributed by atoms with E-state index in [1.54, 1.807) is 6.92 Å². The molecule has 16 heavy (non-hydrogen) atoms. The van der Waals surface area contributed by atoms with Crippen molar-refractivity contribution in [3.8, 4) is 0 Å². The number of nitrogens with one attached hydrogen (secondary N) is 1. The summed E-state index contributed by atoms with van der Waals surface area (Å²) >= 11 is 0. The third-order valence-corrected chi connectivity index (χ3v) is 3.11. The molecule has 3 unspecified atom stereocenters. The maximum atomic E-state index is 12.0. The highest BCUT2D eigenvalue weighted by Crippen LogP contribution is 2.15. The Hall–Kier alpha value is -0.610. The zero-order valence-electron chi connectivity index (χ0n) is 10.6. The van der Waals surface area contributed by atoms with Crippen LogP contribution in [0, 0.1) is 0 Å². The van der Waals surface area contributed by atoms with Gasteiger partial charge in [-0.25, -0.2) is 0 Å². The molecule has 3 N–H and O–H groups in total. The highest BCUT2D eigenvalue weighted by molar-refractivity contribution is 5.85. The van der Waals surface area contributed by atoms with Gasteiger partial charge in [-0.2, -0.15) is 0 Å². The van der Waals surface area contributed by atoms with Crippen LogP contribution in [0.2, 0.25) is 0 Å². The van der Waals surface area contributed by atoms with E-state index in [1.807, 2.05) is 13.8 Å². The van der Waals surface area contributed by atoms with Crippen LogP contribution < -0.4 is 11.1 Å². The second kappa shape index (κ2) is 5.64. The summed E-state index contributed by atoms with van der Waals surface area (Å²) in [4.78, 5) is 12.0. The van der Waals surface area contributed by atoms with Gasteiger partial charge in [-0.3, -0.25) is 4.79 Å². The fourth-order valence-corrected chi connectivity index (χ4v) is 2.11. The molecule has 1 amide bonds. The number of amides is 1. The van der Waals surface area contributed by atoms with Gasteiger partial charge in [-0.1, -0.05) is 13.3 Å². The summed E-state index contributed by atoms with van der Waals surface area (Å²) in [6.07, 6.45) is 3.64. The Bertz CT molecular complexity index is 241. The van der Waals surface area contributed by atoms with Gasteiger partial charge in [0.1, 0.15) is 0 Å². The molecule has 94 valence electrons. The first-order chi connectivity index (χ1) is 7.45. The Morgan fingerprint density at radius 2 is 2.31 bits per heavy atom. The van der Waals surface area contributed by atoms with Gasteiger partial charge in [0.15, 0.2) is 0 Å². The van der Waals surface area contributed by atoms with E-state index in [1.165, 1.54) is 0 Å². The smallest absolute Gasteiger partial charge is 0.240 e. The van der Waals surface area contributed by atoms with Crippen molar-refractivity contribution in [2.75, 3.05) is 6.61 Å². The van der Waals surface area contributed by atoms with Crippen molar-refractivity contribution in [1.29, 1.82) is 0 Å². The fraction of sp³-hybridized carbons (Fsp3) is 0.917. The minimum Gasteiger partial charge on any atom is -0.378 e. The van der Waals surface area contributed by atoms with Gasteiger partial charge in [0.05, 0.1) is 11.6 Å². The topological polar surface area (TPSA) is 64.4 Å². The zero-order valence-corrected chi connectivity index (χ0v) is 10.6. The molecule has 4 heteroatoms. The number of nitrogens with two attached hydrogens (primary N) is 1. The van der Waals surface area contributed by atoms with Crippen LogP contribution in [-0.4, -0.2) is 30.2 Å². The molecular formula is C12H24N2O2. The molecule has 0 spiro atoms.